The molecule has 140 valence electrons. The molecule has 1 heterocycles. The van der Waals surface area contributed by atoms with E-state index in [1.165, 1.54) is 24.3 Å². The summed E-state index contributed by atoms with van der Waals surface area (Å²) in [6.07, 6.45) is -4.75. The molecule has 2 aromatic rings. The fourth-order valence-electron chi connectivity index (χ4n) is 3.85. The highest BCUT2D eigenvalue weighted by Crippen LogP contribution is 2.50. The summed E-state index contributed by atoms with van der Waals surface area (Å²) in [5, 5.41) is 11.8. The van der Waals surface area contributed by atoms with Crippen LogP contribution in [-0.2, 0) is 5.60 Å². The van der Waals surface area contributed by atoms with E-state index in [2.05, 4.69) is 25.6 Å². The van der Waals surface area contributed by atoms with Crippen LogP contribution in [0.2, 0.25) is 0 Å². The van der Waals surface area contributed by atoms with Gasteiger partial charge >= 0.3 is 6.36 Å². The van der Waals surface area contributed by atoms with Crippen molar-refractivity contribution >= 4 is 15.9 Å². The monoisotopic (exact) mass is 429 g/mol. The third-order valence-electron chi connectivity index (χ3n) is 4.86. The van der Waals surface area contributed by atoms with Crippen LogP contribution >= 0.6 is 15.9 Å². The molecule has 0 spiro atoms. The molecular formula is C19H19BrF3NO2. The molecule has 1 aliphatic rings. The van der Waals surface area contributed by atoms with Crippen LogP contribution in [0.25, 0.3) is 0 Å². The molecule has 0 radical (unpaired) electrons. The molecule has 0 amide bonds. The van der Waals surface area contributed by atoms with E-state index in [4.69, 9.17) is 0 Å². The normalized spacial score (nSPS) is 19.5. The molecule has 0 saturated carbocycles. The zero-order valence-electron chi connectivity index (χ0n) is 14.3. The highest BCUT2D eigenvalue weighted by molar-refractivity contribution is 9.10. The topological polar surface area (TPSA) is 32.7 Å². The van der Waals surface area contributed by atoms with Crippen molar-refractivity contribution < 1.29 is 23.0 Å². The maximum absolute atomic E-state index is 12.4. The summed E-state index contributed by atoms with van der Waals surface area (Å²) in [6.45, 7) is 3.31. The van der Waals surface area contributed by atoms with Crippen LogP contribution < -0.4 is 4.74 Å². The Morgan fingerprint density at radius 3 is 2.19 bits per heavy atom. The Morgan fingerprint density at radius 1 is 1.08 bits per heavy atom. The fraction of sp³-hybridized carbons (Fsp3) is 0.368. The summed E-state index contributed by atoms with van der Waals surface area (Å²) in [7, 11) is 1.96. The van der Waals surface area contributed by atoms with E-state index < -0.39 is 17.4 Å². The Labute approximate surface area is 158 Å². The smallest absolute Gasteiger partial charge is 0.406 e. The van der Waals surface area contributed by atoms with Gasteiger partial charge in [0, 0.05) is 23.0 Å². The molecule has 0 aromatic heterocycles. The molecule has 1 N–H and O–H groups in total. The lowest BCUT2D eigenvalue weighted by Crippen LogP contribution is -2.63. The summed E-state index contributed by atoms with van der Waals surface area (Å²) in [4.78, 5) is 2.09. The number of likely N-dealkylation sites (tertiary alicyclic amines) is 1. The number of aliphatic hydroxyl groups is 1. The highest BCUT2D eigenvalue weighted by atomic mass is 79.9. The number of nitrogens with zero attached hydrogens (tertiary/aromatic N) is 1. The summed E-state index contributed by atoms with van der Waals surface area (Å²) in [6, 6.07) is 12.8. The molecule has 1 unspecified atom stereocenters. The van der Waals surface area contributed by atoms with E-state index in [0.717, 1.165) is 4.47 Å². The molecule has 7 heteroatoms. The zero-order valence-corrected chi connectivity index (χ0v) is 15.9. The van der Waals surface area contributed by atoms with E-state index in [0.29, 0.717) is 24.2 Å². The second-order valence-corrected chi connectivity index (χ2v) is 7.94. The lowest BCUT2D eigenvalue weighted by Gasteiger charge is -2.56. The minimum Gasteiger partial charge on any atom is -0.406 e. The van der Waals surface area contributed by atoms with Crippen molar-refractivity contribution in [1.82, 2.24) is 4.90 Å². The average Bonchev–Trinajstić information content (AvgIpc) is 2.52. The van der Waals surface area contributed by atoms with Gasteiger partial charge in [0.05, 0.1) is 0 Å². The van der Waals surface area contributed by atoms with Crippen molar-refractivity contribution in [1.29, 1.82) is 0 Å². The molecule has 1 aliphatic heterocycles. The minimum absolute atomic E-state index is 0.311. The van der Waals surface area contributed by atoms with Crippen molar-refractivity contribution in [3.8, 4) is 5.75 Å². The summed E-state index contributed by atoms with van der Waals surface area (Å²) >= 11 is 3.42. The van der Waals surface area contributed by atoms with Gasteiger partial charge < -0.3 is 14.7 Å². The van der Waals surface area contributed by atoms with Crippen LogP contribution in [-0.4, -0.2) is 36.5 Å². The van der Waals surface area contributed by atoms with Gasteiger partial charge in [-0.25, -0.2) is 0 Å². The molecule has 2 aromatic carbocycles. The van der Waals surface area contributed by atoms with Crippen molar-refractivity contribution in [3.05, 3.63) is 64.1 Å². The van der Waals surface area contributed by atoms with Gasteiger partial charge in [-0.3, -0.25) is 0 Å². The largest absolute Gasteiger partial charge is 0.573 e. The Kier molecular flexibility index (Phi) is 4.83. The lowest BCUT2D eigenvalue weighted by molar-refractivity contribution is -0.274. The van der Waals surface area contributed by atoms with Gasteiger partial charge in [-0.05, 0) is 42.4 Å². The summed E-state index contributed by atoms with van der Waals surface area (Å²) < 4.78 is 42.0. The first-order valence-electron chi connectivity index (χ1n) is 8.07. The summed E-state index contributed by atoms with van der Waals surface area (Å²) in [5.74, 6) is -0.311. The molecule has 1 atom stereocenters. The van der Waals surface area contributed by atoms with Gasteiger partial charge in [-0.15, -0.1) is 13.2 Å². The summed E-state index contributed by atoms with van der Waals surface area (Å²) in [5.41, 5.74) is -0.609. The standard InChI is InChI=1S/C19H19BrF3NO2/c1-17(11-24(2)12-17)18(25,14-4-3-5-15(20)10-14)13-6-8-16(9-7-13)26-19(21,22)23/h3-10,25H,11-12H2,1-2H3. The van der Waals surface area contributed by atoms with Crippen LogP contribution in [0, 0.1) is 5.41 Å². The number of hydrogen-bond donors (Lipinski definition) is 1. The van der Waals surface area contributed by atoms with Crippen molar-refractivity contribution in [3.63, 3.8) is 0 Å². The second kappa shape index (κ2) is 6.55. The van der Waals surface area contributed by atoms with Crippen LogP contribution in [0.4, 0.5) is 13.2 Å². The van der Waals surface area contributed by atoms with E-state index in [1.54, 1.807) is 0 Å². The van der Waals surface area contributed by atoms with E-state index in [1.807, 2.05) is 38.2 Å². The predicted molar refractivity (Wildman–Crippen MR) is 95.9 cm³/mol. The first-order chi connectivity index (χ1) is 12.0. The minimum atomic E-state index is -4.75. The van der Waals surface area contributed by atoms with Gasteiger partial charge in [0.15, 0.2) is 0 Å². The van der Waals surface area contributed by atoms with Crippen LogP contribution in [0.1, 0.15) is 18.1 Å². The number of benzene rings is 2. The molecule has 1 saturated heterocycles. The lowest BCUT2D eigenvalue weighted by atomic mass is 9.62. The van der Waals surface area contributed by atoms with Crippen LogP contribution in [0.5, 0.6) is 5.75 Å². The van der Waals surface area contributed by atoms with Crippen LogP contribution in [0.3, 0.4) is 0 Å². The predicted octanol–water partition coefficient (Wildman–Crippen LogP) is 4.54. The first-order valence-corrected chi connectivity index (χ1v) is 8.86. The molecule has 0 bridgehead atoms. The molecule has 1 fully saturated rings. The fourth-order valence-corrected chi connectivity index (χ4v) is 4.25. The third-order valence-corrected chi connectivity index (χ3v) is 5.35. The SMILES string of the molecule is CN1CC(C)(C(O)(c2ccc(OC(F)(F)F)cc2)c2cccc(Br)c2)C1. The van der Waals surface area contributed by atoms with Gasteiger partial charge in [0.25, 0.3) is 0 Å². The number of ether oxygens (including phenoxy) is 1. The van der Waals surface area contributed by atoms with Crippen LogP contribution in [0.15, 0.2) is 53.0 Å². The Hall–Kier alpha value is -1.57. The number of halogens is 4. The average molecular weight is 430 g/mol. The number of alkyl halides is 3. The Balaban J connectivity index is 2.04. The third kappa shape index (κ3) is 3.48. The van der Waals surface area contributed by atoms with Crippen molar-refractivity contribution in [2.75, 3.05) is 20.1 Å². The van der Waals surface area contributed by atoms with Gasteiger partial charge in [-0.2, -0.15) is 0 Å². The Bertz CT molecular complexity index is 788. The van der Waals surface area contributed by atoms with E-state index in [9.17, 15) is 18.3 Å². The molecule has 3 rings (SSSR count). The van der Waals surface area contributed by atoms with Crippen molar-refractivity contribution in [2.24, 2.45) is 5.41 Å². The quantitative estimate of drug-likeness (QED) is 0.774. The van der Waals surface area contributed by atoms with Gasteiger partial charge in [0.2, 0.25) is 0 Å². The van der Waals surface area contributed by atoms with E-state index in [-0.39, 0.29) is 5.75 Å². The Morgan fingerprint density at radius 2 is 1.69 bits per heavy atom. The molecule has 3 nitrogen and oxygen atoms in total. The molecule has 0 aliphatic carbocycles. The molecular weight excluding hydrogens is 411 g/mol. The zero-order chi connectivity index (χ0) is 19.2. The van der Waals surface area contributed by atoms with Gasteiger partial charge in [0.1, 0.15) is 11.4 Å². The maximum Gasteiger partial charge on any atom is 0.573 e. The molecule has 26 heavy (non-hydrogen) atoms. The number of rotatable bonds is 4. The number of hydrogen-bond acceptors (Lipinski definition) is 3. The van der Waals surface area contributed by atoms with Crippen molar-refractivity contribution in [2.45, 2.75) is 18.9 Å². The first kappa shape index (κ1) is 19.2. The van der Waals surface area contributed by atoms with E-state index >= 15 is 0 Å². The second-order valence-electron chi connectivity index (χ2n) is 7.03. The highest BCUT2D eigenvalue weighted by Gasteiger charge is 2.55. The van der Waals surface area contributed by atoms with Gasteiger partial charge in [-0.1, -0.05) is 47.1 Å². The maximum atomic E-state index is 12.4.